The van der Waals surface area contributed by atoms with E-state index < -0.39 is 17.9 Å². The van der Waals surface area contributed by atoms with Crippen molar-refractivity contribution in [3.05, 3.63) is 34.7 Å². The molecular formula is C15H14O8. The van der Waals surface area contributed by atoms with E-state index >= 15 is 0 Å². The Balaban J connectivity index is 2.43. The lowest BCUT2D eigenvalue weighted by Crippen LogP contribution is -2.14. The molecule has 0 bridgehead atoms. The minimum Gasteiger partial charge on any atom is -0.434 e. The topological polar surface area (TPSA) is 101 Å². The normalized spacial score (nSPS) is 10.2. The number of benzene rings is 1. The second-order valence-electron chi connectivity index (χ2n) is 4.16. The highest BCUT2D eigenvalue weighted by atomic mass is 16.7. The average molecular weight is 322 g/mol. The Bertz CT molecular complexity index is 777. The minimum absolute atomic E-state index is 0.0714. The molecule has 0 aliphatic rings. The maximum absolute atomic E-state index is 11.5. The van der Waals surface area contributed by atoms with Gasteiger partial charge in [-0.3, -0.25) is 0 Å². The quantitative estimate of drug-likeness (QED) is 0.481. The van der Waals surface area contributed by atoms with Crippen molar-refractivity contribution in [1.29, 1.82) is 0 Å². The first-order chi connectivity index (χ1) is 11.0. The van der Waals surface area contributed by atoms with Crippen molar-refractivity contribution in [1.82, 2.24) is 0 Å². The van der Waals surface area contributed by atoms with Crippen molar-refractivity contribution in [3.8, 4) is 11.5 Å². The molecule has 2 aromatic rings. The standard InChI is InChI=1S/C15H14O8/c1-3-19-14(17)22-11-7-9-5-6-13(16)21-10(9)8-12(11)23-15(18)20-4-2/h5-8H,3-4H2,1-2H3. The molecule has 0 atom stereocenters. The summed E-state index contributed by atoms with van der Waals surface area (Å²) in [6.07, 6.45) is -1.95. The number of carbonyl (C=O) groups excluding carboxylic acids is 2. The SMILES string of the molecule is CCOC(=O)Oc1cc2ccc(=O)oc2cc1OC(=O)OCC. The molecule has 0 aliphatic carbocycles. The molecule has 8 heteroatoms. The predicted molar refractivity (Wildman–Crippen MR) is 77.8 cm³/mol. The number of carbonyl (C=O) groups is 2. The van der Waals surface area contributed by atoms with E-state index in [1.54, 1.807) is 13.8 Å². The van der Waals surface area contributed by atoms with E-state index in [1.165, 1.54) is 24.3 Å². The molecule has 122 valence electrons. The first kappa shape index (κ1) is 16.3. The molecule has 0 N–H and O–H groups in total. The van der Waals surface area contributed by atoms with E-state index in [9.17, 15) is 14.4 Å². The van der Waals surface area contributed by atoms with Gasteiger partial charge in [0.25, 0.3) is 0 Å². The van der Waals surface area contributed by atoms with Crippen molar-refractivity contribution in [2.75, 3.05) is 13.2 Å². The summed E-state index contributed by atoms with van der Waals surface area (Å²) >= 11 is 0. The van der Waals surface area contributed by atoms with Crippen LogP contribution in [0.15, 0.2) is 33.5 Å². The molecule has 0 saturated heterocycles. The van der Waals surface area contributed by atoms with Crippen LogP contribution >= 0.6 is 0 Å². The minimum atomic E-state index is -0.987. The van der Waals surface area contributed by atoms with Crippen molar-refractivity contribution in [2.45, 2.75) is 13.8 Å². The van der Waals surface area contributed by atoms with Crippen LogP contribution in [0.3, 0.4) is 0 Å². The largest absolute Gasteiger partial charge is 0.513 e. The number of ether oxygens (including phenoxy) is 4. The fraction of sp³-hybridized carbons (Fsp3) is 0.267. The molecule has 0 amide bonds. The van der Waals surface area contributed by atoms with Gasteiger partial charge in [-0.1, -0.05) is 0 Å². The van der Waals surface area contributed by atoms with Gasteiger partial charge in [0.15, 0.2) is 11.5 Å². The highest BCUT2D eigenvalue weighted by Crippen LogP contribution is 2.32. The third-order valence-corrected chi connectivity index (χ3v) is 2.60. The van der Waals surface area contributed by atoms with Gasteiger partial charge in [0, 0.05) is 17.5 Å². The summed E-state index contributed by atoms with van der Waals surface area (Å²) < 4.78 is 24.3. The Morgan fingerprint density at radius 1 is 0.957 bits per heavy atom. The van der Waals surface area contributed by atoms with Gasteiger partial charge in [-0.2, -0.15) is 0 Å². The highest BCUT2D eigenvalue weighted by Gasteiger charge is 2.17. The summed E-state index contributed by atoms with van der Waals surface area (Å²) in [4.78, 5) is 34.2. The molecular weight excluding hydrogens is 308 g/mol. The summed E-state index contributed by atoms with van der Waals surface area (Å²) in [7, 11) is 0. The Labute approximate surface area is 130 Å². The molecule has 1 aromatic carbocycles. The van der Waals surface area contributed by atoms with Crippen molar-refractivity contribution < 1.29 is 33.0 Å². The number of rotatable bonds is 4. The van der Waals surface area contributed by atoms with Crippen LogP contribution in [0.1, 0.15) is 13.8 Å². The van der Waals surface area contributed by atoms with E-state index in [-0.39, 0.29) is 30.3 Å². The van der Waals surface area contributed by atoms with Gasteiger partial charge < -0.3 is 23.4 Å². The Kier molecular flexibility index (Phi) is 5.19. The molecule has 2 rings (SSSR count). The summed E-state index contributed by atoms with van der Waals surface area (Å²) in [5.41, 5.74) is -0.411. The van der Waals surface area contributed by atoms with E-state index in [0.717, 1.165) is 0 Å². The monoisotopic (exact) mass is 322 g/mol. The zero-order valence-electron chi connectivity index (χ0n) is 12.5. The maximum atomic E-state index is 11.5. The summed E-state index contributed by atoms with van der Waals surface area (Å²) in [5, 5.41) is 0.472. The summed E-state index contributed by atoms with van der Waals surface area (Å²) in [5.74, 6) is -0.212. The van der Waals surface area contributed by atoms with Crippen molar-refractivity contribution in [3.63, 3.8) is 0 Å². The Morgan fingerprint density at radius 2 is 1.52 bits per heavy atom. The van der Waals surface area contributed by atoms with Crippen LogP contribution in [0.4, 0.5) is 9.59 Å². The molecule has 0 fully saturated rings. The third kappa shape index (κ3) is 4.22. The lowest BCUT2D eigenvalue weighted by atomic mass is 10.2. The van der Waals surface area contributed by atoms with Crippen molar-refractivity contribution >= 4 is 23.3 Å². The van der Waals surface area contributed by atoms with Crippen LogP contribution in [-0.2, 0) is 9.47 Å². The third-order valence-electron chi connectivity index (χ3n) is 2.60. The van der Waals surface area contributed by atoms with Crippen molar-refractivity contribution in [2.24, 2.45) is 0 Å². The lowest BCUT2D eigenvalue weighted by molar-refractivity contribution is 0.0940. The molecule has 0 aliphatic heterocycles. The lowest BCUT2D eigenvalue weighted by Gasteiger charge is -2.11. The average Bonchev–Trinajstić information content (AvgIpc) is 2.48. The molecule has 0 saturated carbocycles. The summed E-state index contributed by atoms with van der Waals surface area (Å²) in [6, 6.07) is 5.32. The first-order valence-electron chi connectivity index (χ1n) is 6.80. The van der Waals surface area contributed by atoms with Crippen LogP contribution < -0.4 is 15.1 Å². The Hall–Kier alpha value is -3.03. The first-order valence-corrected chi connectivity index (χ1v) is 6.80. The zero-order chi connectivity index (χ0) is 16.8. The van der Waals surface area contributed by atoms with Crippen LogP contribution in [0.25, 0.3) is 11.0 Å². The zero-order valence-corrected chi connectivity index (χ0v) is 12.5. The predicted octanol–water partition coefficient (Wildman–Crippen LogP) is 2.86. The maximum Gasteiger partial charge on any atom is 0.513 e. The fourth-order valence-electron chi connectivity index (χ4n) is 1.71. The van der Waals surface area contributed by atoms with E-state index in [4.69, 9.17) is 13.9 Å². The smallest absolute Gasteiger partial charge is 0.434 e. The molecule has 0 unspecified atom stereocenters. The van der Waals surface area contributed by atoms with Gasteiger partial charge >= 0.3 is 17.9 Å². The number of hydrogen-bond acceptors (Lipinski definition) is 8. The number of fused-ring (bicyclic) bond motifs is 1. The molecule has 8 nitrogen and oxygen atoms in total. The van der Waals surface area contributed by atoms with Gasteiger partial charge in [0.2, 0.25) is 0 Å². The van der Waals surface area contributed by atoms with Crippen LogP contribution in [0.5, 0.6) is 11.5 Å². The molecule has 0 spiro atoms. The number of hydrogen-bond donors (Lipinski definition) is 0. The van der Waals surface area contributed by atoms with Gasteiger partial charge in [-0.05, 0) is 26.0 Å². The fourth-order valence-corrected chi connectivity index (χ4v) is 1.71. The Morgan fingerprint density at radius 3 is 2.09 bits per heavy atom. The van der Waals surface area contributed by atoms with Crippen LogP contribution in [0.2, 0.25) is 0 Å². The second kappa shape index (κ2) is 7.30. The molecule has 23 heavy (non-hydrogen) atoms. The van der Waals surface area contributed by atoms with Gasteiger partial charge in [-0.25, -0.2) is 14.4 Å². The highest BCUT2D eigenvalue weighted by molar-refractivity contribution is 5.83. The van der Waals surface area contributed by atoms with E-state index in [1.807, 2.05) is 0 Å². The molecule has 1 aromatic heterocycles. The van der Waals surface area contributed by atoms with Gasteiger partial charge in [0.1, 0.15) is 5.58 Å². The second-order valence-corrected chi connectivity index (χ2v) is 4.16. The molecule has 0 radical (unpaired) electrons. The van der Waals surface area contributed by atoms with Crippen LogP contribution in [0, 0.1) is 0 Å². The van der Waals surface area contributed by atoms with E-state index in [2.05, 4.69) is 9.47 Å². The molecule has 1 heterocycles. The van der Waals surface area contributed by atoms with Gasteiger partial charge in [-0.15, -0.1) is 0 Å². The van der Waals surface area contributed by atoms with Gasteiger partial charge in [0.05, 0.1) is 13.2 Å². The summed E-state index contributed by atoms with van der Waals surface area (Å²) in [6.45, 7) is 3.45. The van der Waals surface area contributed by atoms with E-state index in [0.29, 0.717) is 5.39 Å². The van der Waals surface area contributed by atoms with Crippen LogP contribution in [-0.4, -0.2) is 25.5 Å².